The highest BCUT2D eigenvalue weighted by Crippen LogP contribution is 2.48. The van der Waals surface area contributed by atoms with Crippen molar-refractivity contribution in [3.63, 3.8) is 0 Å². The molecule has 0 aromatic heterocycles. The van der Waals surface area contributed by atoms with Crippen molar-refractivity contribution in [1.82, 2.24) is 0 Å². The molecule has 0 fully saturated rings. The maximum absolute atomic E-state index is 13.8. The molecule has 190 valence electrons. The van der Waals surface area contributed by atoms with Gasteiger partial charge in [0.1, 0.15) is 28.7 Å². The fraction of sp³-hybridized carbons (Fsp3) is 0.321. The van der Waals surface area contributed by atoms with E-state index in [4.69, 9.17) is 23.7 Å². The van der Waals surface area contributed by atoms with Crippen LogP contribution in [0, 0.1) is 0 Å². The number of anilines is 2. The Labute approximate surface area is 211 Å². The molecule has 2 atom stereocenters. The highest BCUT2D eigenvalue weighted by molar-refractivity contribution is 6.08. The number of ether oxygens (including phenoxy) is 5. The van der Waals surface area contributed by atoms with E-state index in [9.17, 15) is 4.79 Å². The van der Waals surface area contributed by atoms with Gasteiger partial charge in [-0.2, -0.15) is 0 Å². The van der Waals surface area contributed by atoms with Crippen molar-refractivity contribution < 1.29 is 28.5 Å². The molecular formula is C28H32N2O6. The summed E-state index contributed by atoms with van der Waals surface area (Å²) in [6.07, 6.45) is 0.653. The van der Waals surface area contributed by atoms with Crippen molar-refractivity contribution >= 4 is 17.3 Å². The Morgan fingerprint density at radius 3 is 2.00 bits per heavy atom. The highest BCUT2D eigenvalue weighted by Gasteiger charge is 2.37. The minimum Gasteiger partial charge on any atom is -0.497 e. The Kier molecular flexibility index (Phi) is 7.43. The monoisotopic (exact) mass is 492 g/mol. The molecule has 0 spiro atoms. The number of amides is 1. The summed E-state index contributed by atoms with van der Waals surface area (Å²) in [5, 5.41) is 3.61. The second-order valence-electron chi connectivity index (χ2n) is 8.52. The number of carbonyl (C=O) groups is 1. The summed E-state index contributed by atoms with van der Waals surface area (Å²) < 4.78 is 27.5. The van der Waals surface area contributed by atoms with E-state index >= 15 is 0 Å². The van der Waals surface area contributed by atoms with Crippen LogP contribution in [-0.4, -0.2) is 47.5 Å². The Bertz CT molecular complexity index is 1230. The van der Waals surface area contributed by atoms with Gasteiger partial charge in [-0.25, -0.2) is 0 Å². The minimum absolute atomic E-state index is 0.115. The minimum atomic E-state index is -0.138. The topological polar surface area (TPSA) is 78.5 Å². The fourth-order valence-electron chi connectivity index (χ4n) is 4.61. The number of nitrogens with one attached hydrogen (secondary N) is 1. The second kappa shape index (κ2) is 10.7. The van der Waals surface area contributed by atoms with E-state index in [0.717, 1.165) is 11.3 Å². The molecular weight excluding hydrogens is 460 g/mol. The molecule has 1 heterocycles. The summed E-state index contributed by atoms with van der Waals surface area (Å²) in [6.45, 7) is 2.04. The molecule has 8 heteroatoms. The van der Waals surface area contributed by atoms with E-state index < -0.39 is 0 Å². The Hall–Kier alpha value is -4.07. The summed E-state index contributed by atoms with van der Waals surface area (Å²) in [7, 11) is 8.05. The number of hydrogen-bond donors (Lipinski definition) is 1. The molecule has 1 amide bonds. The number of carbonyl (C=O) groups excluding carboxylic acids is 1. The van der Waals surface area contributed by atoms with Crippen LogP contribution >= 0.6 is 0 Å². The lowest BCUT2D eigenvalue weighted by Crippen LogP contribution is -2.44. The largest absolute Gasteiger partial charge is 0.497 e. The zero-order valence-corrected chi connectivity index (χ0v) is 21.5. The Balaban J connectivity index is 1.79. The highest BCUT2D eigenvalue weighted by atomic mass is 16.5. The summed E-state index contributed by atoms with van der Waals surface area (Å²) in [5.74, 6) is 3.15. The van der Waals surface area contributed by atoms with Gasteiger partial charge in [0.15, 0.2) is 0 Å². The Morgan fingerprint density at radius 1 is 0.778 bits per heavy atom. The lowest BCUT2D eigenvalue weighted by molar-refractivity contribution is 0.0973. The van der Waals surface area contributed by atoms with Crippen molar-refractivity contribution in [2.75, 3.05) is 45.8 Å². The lowest BCUT2D eigenvalue weighted by atomic mass is 9.90. The summed E-state index contributed by atoms with van der Waals surface area (Å²) in [6, 6.07) is 16.2. The van der Waals surface area contributed by atoms with Crippen LogP contribution in [0.2, 0.25) is 0 Å². The second-order valence-corrected chi connectivity index (χ2v) is 8.52. The van der Waals surface area contributed by atoms with Crippen molar-refractivity contribution in [3.8, 4) is 28.7 Å². The van der Waals surface area contributed by atoms with Crippen LogP contribution in [0.25, 0.3) is 0 Å². The molecule has 0 radical (unpaired) electrons. The number of nitrogens with zero attached hydrogens (tertiary/aromatic N) is 1. The number of benzene rings is 3. The first kappa shape index (κ1) is 25.0. The van der Waals surface area contributed by atoms with E-state index in [0.29, 0.717) is 46.4 Å². The van der Waals surface area contributed by atoms with Crippen molar-refractivity contribution in [1.29, 1.82) is 0 Å². The molecule has 1 aliphatic rings. The van der Waals surface area contributed by atoms with Crippen molar-refractivity contribution in [3.05, 3.63) is 65.7 Å². The van der Waals surface area contributed by atoms with Crippen LogP contribution in [0.3, 0.4) is 0 Å². The van der Waals surface area contributed by atoms with E-state index in [-0.39, 0.29) is 18.0 Å². The third kappa shape index (κ3) is 4.71. The first-order chi connectivity index (χ1) is 17.4. The maximum Gasteiger partial charge on any atom is 0.258 e. The van der Waals surface area contributed by atoms with Crippen LogP contribution in [0.15, 0.2) is 54.6 Å². The van der Waals surface area contributed by atoms with Gasteiger partial charge in [0.05, 0.1) is 53.0 Å². The Morgan fingerprint density at radius 2 is 1.39 bits per heavy atom. The van der Waals surface area contributed by atoms with Gasteiger partial charge in [-0.1, -0.05) is 0 Å². The fourth-order valence-corrected chi connectivity index (χ4v) is 4.61. The van der Waals surface area contributed by atoms with Gasteiger partial charge in [-0.3, -0.25) is 4.79 Å². The predicted molar refractivity (Wildman–Crippen MR) is 139 cm³/mol. The van der Waals surface area contributed by atoms with Gasteiger partial charge in [0.25, 0.3) is 5.91 Å². The molecule has 0 bridgehead atoms. The molecule has 3 aromatic rings. The first-order valence-corrected chi connectivity index (χ1v) is 11.7. The zero-order chi connectivity index (χ0) is 25.8. The number of methoxy groups -OCH3 is 5. The number of rotatable bonds is 8. The van der Waals surface area contributed by atoms with Gasteiger partial charge < -0.3 is 33.9 Å². The molecule has 36 heavy (non-hydrogen) atoms. The molecule has 0 aliphatic carbocycles. The molecule has 8 nitrogen and oxygen atoms in total. The van der Waals surface area contributed by atoms with Gasteiger partial charge in [0, 0.05) is 29.3 Å². The maximum atomic E-state index is 13.8. The predicted octanol–water partition coefficient (Wildman–Crippen LogP) is 5.32. The standard InChI is InChI=1S/C28H32N2O6/c1-17-13-24(29-23-12-11-20(33-3)15-25(23)35-5)22-14-21(34-4)16-26(36-6)27(22)30(17)28(31)18-7-9-19(32-2)10-8-18/h7-12,14-17,24,29H,13H2,1-6H3/t17-,24+/m0/s1. The van der Waals surface area contributed by atoms with Gasteiger partial charge in [0.2, 0.25) is 0 Å². The van der Waals surface area contributed by atoms with E-state index in [2.05, 4.69) is 5.32 Å². The summed E-state index contributed by atoms with van der Waals surface area (Å²) in [4.78, 5) is 15.6. The summed E-state index contributed by atoms with van der Waals surface area (Å²) >= 11 is 0. The third-order valence-corrected chi connectivity index (χ3v) is 6.46. The smallest absolute Gasteiger partial charge is 0.258 e. The van der Waals surface area contributed by atoms with E-state index in [1.54, 1.807) is 70.8 Å². The zero-order valence-electron chi connectivity index (χ0n) is 21.5. The molecule has 0 saturated heterocycles. The average Bonchev–Trinajstić information content (AvgIpc) is 2.92. The van der Waals surface area contributed by atoms with Gasteiger partial charge >= 0.3 is 0 Å². The lowest BCUT2D eigenvalue weighted by Gasteiger charge is -2.41. The molecule has 0 unspecified atom stereocenters. The third-order valence-electron chi connectivity index (χ3n) is 6.46. The van der Waals surface area contributed by atoms with Crippen molar-refractivity contribution in [2.24, 2.45) is 0 Å². The van der Waals surface area contributed by atoms with Crippen LogP contribution in [0.5, 0.6) is 28.7 Å². The van der Waals surface area contributed by atoms with Crippen LogP contribution in [0.4, 0.5) is 11.4 Å². The van der Waals surface area contributed by atoms with E-state index in [1.165, 1.54) is 0 Å². The average molecular weight is 493 g/mol. The molecule has 1 N–H and O–H groups in total. The molecule has 1 aliphatic heterocycles. The molecule has 3 aromatic carbocycles. The van der Waals surface area contributed by atoms with Gasteiger partial charge in [-0.15, -0.1) is 0 Å². The molecule has 4 rings (SSSR count). The number of hydrogen-bond acceptors (Lipinski definition) is 7. The van der Waals surface area contributed by atoms with Crippen molar-refractivity contribution in [2.45, 2.75) is 25.4 Å². The normalized spacial score (nSPS) is 16.6. The van der Waals surface area contributed by atoms with Crippen LogP contribution < -0.4 is 33.9 Å². The van der Waals surface area contributed by atoms with Crippen LogP contribution in [-0.2, 0) is 0 Å². The van der Waals surface area contributed by atoms with E-state index in [1.807, 2.05) is 31.2 Å². The summed E-state index contributed by atoms with van der Waals surface area (Å²) in [5.41, 5.74) is 2.99. The number of fused-ring (bicyclic) bond motifs is 1. The van der Waals surface area contributed by atoms with Gasteiger partial charge in [-0.05, 0) is 55.8 Å². The molecule has 0 saturated carbocycles. The SMILES string of the molecule is COc1ccc(C(=O)N2c3c(OC)cc(OC)cc3[C@H](Nc3ccc(OC)cc3OC)C[C@@H]2C)cc1. The first-order valence-electron chi connectivity index (χ1n) is 11.7. The van der Waals surface area contributed by atoms with Crippen LogP contribution in [0.1, 0.15) is 35.3 Å². The quantitative estimate of drug-likeness (QED) is 0.456.